The highest BCUT2D eigenvalue weighted by Crippen LogP contribution is 2.54. The van der Waals surface area contributed by atoms with Crippen molar-refractivity contribution in [2.24, 2.45) is 0 Å². The van der Waals surface area contributed by atoms with Crippen LogP contribution < -0.4 is 4.74 Å². The maximum atomic E-state index is 6.55. The molecule has 5 aromatic carbocycles. The summed E-state index contributed by atoms with van der Waals surface area (Å²) in [6, 6.07) is 38.2. The Labute approximate surface area is 187 Å². The summed E-state index contributed by atoms with van der Waals surface area (Å²) in [4.78, 5) is 0. The lowest BCUT2D eigenvalue weighted by Gasteiger charge is -2.32. The minimum absolute atomic E-state index is 0.437. The van der Waals surface area contributed by atoms with Crippen molar-refractivity contribution < 1.29 is 9.47 Å². The molecule has 0 fully saturated rings. The van der Waals surface area contributed by atoms with Crippen molar-refractivity contribution in [3.63, 3.8) is 0 Å². The summed E-state index contributed by atoms with van der Waals surface area (Å²) in [5.74, 6) is 0.879. The second kappa shape index (κ2) is 7.67. The van der Waals surface area contributed by atoms with Crippen LogP contribution >= 0.6 is 0 Å². The molecule has 0 N–H and O–H groups in total. The van der Waals surface area contributed by atoms with Gasteiger partial charge in [0, 0.05) is 29.2 Å². The van der Waals surface area contributed by atoms with Gasteiger partial charge in [-0.3, -0.25) is 0 Å². The van der Waals surface area contributed by atoms with Crippen molar-refractivity contribution in [1.29, 1.82) is 0 Å². The molecule has 1 unspecified atom stereocenters. The molecule has 1 heterocycles. The first-order valence-corrected chi connectivity index (χ1v) is 10.8. The van der Waals surface area contributed by atoms with Crippen molar-refractivity contribution in [3.05, 3.63) is 115 Å². The molecule has 2 nitrogen and oxygen atoms in total. The quantitative estimate of drug-likeness (QED) is 0.299. The molecule has 0 amide bonds. The largest absolute Gasteiger partial charge is 0.459 e. The van der Waals surface area contributed by atoms with E-state index in [-0.39, 0.29) is 0 Å². The van der Waals surface area contributed by atoms with Crippen LogP contribution in [0.2, 0.25) is 0 Å². The van der Waals surface area contributed by atoms with Crippen LogP contribution in [0.3, 0.4) is 0 Å². The van der Waals surface area contributed by atoms with E-state index in [2.05, 4.69) is 103 Å². The second-order valence-corrected chi connectivity index (χ2v) is 8.00. The van der Waals surface area contributed by atoms with Crippen LogP contribution in [0.5, 0.6) is 5.75 Å². The first kappa shape index (κ1) is 18.9. The zero-order valence-electron chi connectivity index (χ0n) is 17.8. The Morgan fingerprint density at radius 1 is 0.562 bits per heavy atom. The van der Waals surface area contributed by atoms with Gasteiger partial charge < -0.3 is 9.47 Å². The van der Waals surface area contributed by atoms with E-state index in [4.69, 9.17) is 9.47 Å². The molecule has 1 aliphatic rings. The predicted molar refractivity (Wildman–Crippen MR) is 131 cm³/mol. The lowest BCUT2D eigenvalue weighted by molar-refractivity contribution is -0.0568. The molecule has 0 saturated carbocycles. The zero-order valence-corrected chi connectivity index (χ0v) is 17.8. The summed E-state index contributed by atoms with van der Waals surface area (Å²) in [5, 5.41) is 2.27. The van der Waals surface area contributed by atoms with Crippen LogP contribution in [0.1, 0.15) is 11.9 Å². The smallest absolute Gasteiger partial charge is 0.227 e. The molecule has 6 rings (SSSR count). The average molecular weight is 415 g/mol. The number of benzene rings is 5. The zero-order chi connectivity index (χ0) is 21.5. The van der Waals surface area contributed by atoms with Crippen molar-refractivity contribution in [1.82, 2.24) is 0 Å². The summed E-state index contributed by atoms with van der Waals surface area (Å²) < 4.78 is 12.3. The topological polar surface area (TPSA) is 18.5 Å². The average Bonchev–Trinajstić information content (AvgIpc) is 2.88. The number of ether oxygens (including phenoxy) is 2. The molecule has 32 heavy (non-hydrogen) atoms. The van der Waals surface area contributed by atoms with Crippen LogP contribution in [0.25, 0.3) is 44.2 Å². The normalized spacial score (nSPS) is 14.5. The third kappa shape index (κ3) is 2.84. The van der Waals surface area contributed by atoms with Crippen LogP contribution in [0.15, 0.2) is 109 Å². The Morgan fingerprint density at radius 2 is 1.12 bits per heavy atom. The number of methoxy groups -OCH3 is 1. The van der Waals surface area contributed by atoms with Gasteiger partial charge in [0.1, 0.15) is 5.75 Å². The van der Waals surface area contributed by atoms with Gasteiger partial charge in [0.25, 0.3) is 0 Å². The summed E-state index contributed by atoms with van der Waals surface area (Å²) in [6.45, 7) is 0. The molecular formula is C30H22O2. The lowest BCUT2D eigenvalue weighted by atomic mass is 9.81. The fourth-order valence-electron chi connectivity index (χ4n) is 4.86. The van der Waals surface area contributed by atoms with Gasteiger partial charge in [0.15, 0.2) is 0 Å². The van der Waals surface area contributed by atoms with E-state index in [9.17, 15) is 0 Å². The Bertz CT molecular complexity index is 1420. The van der Waals surface area contributed by atoms with Crippen LogP contribution in [0.4, 0.5) is 0 Å². The fourth-order valence-corrected chi connectivity index (χ4v) is 4.86. The molecule has 5 aromatic rings. The molecule has 154 valence electrons. The van der Waals surface area contributed by atoms with Gasteiger partial charge in [-0.2, -0.15) is 0 Å². The maximum absolute atomic E-state index is 6.55. The number of fused-ring (bicyclic) bond motifs is 5. The van der Waals surface area contributed by atoms with Gasteiger partial charge in [-0.15, -0.1) is 0 Å². The van der Waals surface area contributed by atoms with E-state index in [0.29, 0.717) is 0 Å². The lowest BCUT2D eigenvalue weighted by Crippen LogP contribution is -2.16. The molecule has 0 aliphatic carbocycles. The highest BCUT2D eigenvalue weighted by atomic mass is 16.7. The van der Waals surface area contributed by atoms with Crippen LogP contribution in [-0.2, 0) is 4.74 Å². The number of hydrogen-bond donors (Lipinski definition) is 0. The highest BCUT2D eigenvalue weighted by molar-refractivity contribution is 6.14. The van der Waals surface area contributed by atoms with Gasteiger partial charge in [0.05, 0.1) is 0 Å². The fraction of sp³-hybridized carbons (Fsp3) is 0.0667. The summed E-state index contributed by atoms with van der Waals surface area (Å²) in [6.07, 6.45) is -0.437. The van der Waals surface area contributed by atoms with E-state index in [0.717, 1.165) is 27.8 Å². The molecular weight excluding hydrogens is 392 g/mol. The van der Waals surface area contributed by atoms with E-state index in [1.54, 1.807) is 7.11 Å². The van der Waals surface area contributed by atoms with E-state index in [1.807, 2.05) is 6.07 Å². The SMILES string of the molecule is COC1Oc2c(c(-c3ccccc3)c(-c3ccccc3)c3ccccc23)-c2ccccc21. The first-order valence-electron chi connectivity index (χ1n) is 10.8. The molecule has 2 heteroatoms. The molecule has 0 radical (unpaired) electrons. The third-order valence-corrected chi connectivity index (χ3v) is 6.22. The Hall–Kier alpha value is -3.88. The van der Waals surface area contributed by atoms with Gasteiger partial charge in [-0.1, -0.05) is 109 Å². The standard InChI is InChI=1S/C30H22O2/c1-31-30-25-19-11-9-17-23(25)28-27(21-14-6-3-7-15-21)26(20-12-4-2-5-13-20)22-16-8-10-18-24(22)29(28)32-30/h2-19,30H,1H3. The minimum atomic E-state index is -0.437. The Kier molecular flexibility index (Phi) is 4.52. The van der Waals surface area contributed by atoms with Crippen molar-refractivity contribution >= 4 is 10.8 Å². The second-order valence-electron chi connectivity index (χ2n) is 8.00. The molecule has 0 spiro atoms. The highest BCUT2D eigenvalue weighted by Gasteiger charge is 2.32. The first-order chi connectivity index (χ1) is 15.9. The molecule has 0 bridgehead atoms. The van der Waals surface area contributed by atoms with Crippen molar-refractivity contribution in [3.8, 4) is 39.1 Å². The van der Waals surface area contributed by atoms with Crippen LogP contribution in [0, 0.1) is 0 Å². The van der Waals surface area contributed by atoms with Gasteiger partial charge >= 0.3 is 0 Å². The predicted octanol–water partition coefficient (Wildman–Crippen LogP) is 7.88. The third-order valence-electron chi connectivity index (χ3n) is 6.22. The van der Waals surface area contributed by atoms with Gasteiger partial charge in [-0.05, 0) is 27.6 Å². The van der Waals surface area contributed by atoms with Gasteiger partial charge in [0.2, 0.25) is 6.29 Å². The molecule has 1 atom stereocenters. The molecule has 0 saturated heterocycles. The summed E-state index contributed by atoms with van der Waals surface area (Å²) in [5.41, 5.74) is 8.10. The van der Waals surface area contributed by atoms with Crippen LogP contribution in [-0.4, -0.2) is 7.11 Å². The molecule has 1 aliphatic heterocycles. The maximum Gasteiger partial charge on any atom is 0.227 e. The summed E-state index contributed by atoms with van der Waals surface area (Å²) >= 11 is 0. The number of hydrogen-bond acceptors (Lipinski definition) is 2. The minimum Gasteiger partial charge on any atom is -0.459 e. The summed E-state index contributed by atoms with van der Waals surface area (Å²) in [7, 11) is 1.70. The Balaban J connectivity index is 1.85. The Morgan fingerprint density at radius 3 is 1.81 bits per heavy atom. The van der Waals surface area contributed by atoms with Crippen molar-refractivity contribution in [2.75, 3.05) is 7.11 Å². The van der Waals surface area contributed by atoms with Gasteiger partial charge in [-0.25, -0.2) is 0 Å². The van der Waals surface area contributed by atoms with E-state index < -0.39 is 6.29 Å². The van der Waals surface area contributed by atoms with Crippen molar-refractivity contribution in [2.45, 2.75) is 6.29 Å². The molecule has 0 aromatic heterocycles. The monoisotopic (exact) mass is 414 g/mol. The van der Waals surface area contributed by atoms with E-state index >= 15 is 0 Å². The number of rotatable bonds is 3. The van der Waals surface area contributed by atoms with E-state index in [1.165, 1.54) is 27.6 Å².